The summed E-state index contributed by atoms with van der Waals surface area (Å²) in [6.45, 7) is 1.35. The summed E-state index contributed by atoms with van der Waals surface area (Å²) in [6.07, 6.45) is 3.86. The third-order valence-electron chi connectivity index (χ3n) is 3.19. The van der Waals surface area contributed by atoms with E-state index in [0.717, 1.165) is 23.4 Å². The van der Waals surface area contributed by atoms with Gasteiger partial charge in [0.2, 0.25) is 0 Å². The van der Waals surface area contributed by atoms with Crippen LogP contribution in [0.3, 0.4) is 0 Å². The molecular formula is C19H22N2O2. The number of hydrogen-bond acceptors (Lipinski definition) is 4. The van der Waals surface area contributed by atoms with E-state index in [4.69, 9.17) is 4.84 Å². The van der Waals surface area contributed by atoms with Gasteiger partial charge in [0.05, 0.1) is 0 Å². The largest absolute Gasteiger partial charge is 0.508 e. The van der Waals surface area contributed by atoms with Crippen LogP contribution in [0.2, 0.25) is 0 Å². The van der Waals surface area contributed by atoms with Crippen molar-refractivity contribution in [1.29, 1.82) is 0 Å². The van der Waals surface area contributed by atoms with Gasteiger partial charge in [-0.3, -0.25) is 0 Å². The summed E-state index contributed by atoms with van der Waals surface area (Å²) in [4.78, 5) is 7.47. The average Bonchev–Trinajstić information content (AvgIpc) is 2.56. The molecule has 0 aromatic heterocycles. The van der Waals surface area contributed by atoms with Crippen molar-refractivity contribution in [2.45, 2.75) is 0 Å². The van der Waals surface area contributed by atoms with E-state index in [9.17, 15) is 5.11 Å². The summed E-state index contributed by atoms with van der Waals surface area (Å²) >= 11 is 0. The molecule has 2 aromatic carbocycles. The molecule has 0 radical (unpaired) electrons. The van der Waals surface area contributed by atoms with Gasteiger partial charge in [-0.25, -0.2) is 0 Å². The molecule has 2 rings (SSSR count). The van der Waals surface area contributed by atoms with Crippen molar-refractivity contribution < 1.29 is 9.94 Å². The molecule has 0 spiro atoms. The summed E-state index contributed by atoms with van der Waals surface area (Å²) in [5, 5.41) is 13.6. The van der Waals surface area contributed by atoms with Crippen LogP contribution in [0.1, 0.15) is 11.1 Å². The Hall–Kier alpha value is -2.59. The summed E-state index contributed by atoms with van der Waals surface area (Å²) < 4.78 is 0. The van der Waals surface area contributed by atoms with Crippen molar-refractivity contribution in [2.24, 2.45) is 5.16 Å². The van der Waals surface area contributed by atoms with Crippen molar-refractivity contribution in [3.63, 3.8) is 0 Å². The van der Waals surface area contributed by atoms with Crippen LogP contribution in [0.4, 0.5) is 0 Å². The maximum Gasteiger partial charge on any atom is 0.129 e. The van der Waals surface area contributed by atoms with Gasteiger partial charge in [-0.2, -0.15) is 0 Å². The minimum absolute atomic E-state index is 0.256. The lowest BCUT2D eigenvalue weighted by atomic mass is 10.1. The molecule has 0 saturated carbocycles. The molecule has 0 bridgehead atoms. The van der Waals surface area contributed by atoms with Crippen molar-refractivity contribution in [2.75, 3.05) is 27.2 Å². The second kappa shape index (κ2) is 8.76. The fourth-order valence-electron chi connectivity index (χ4n) is 1.89. The standard InChI is InChI=1S/C19H22N2O2/c1-21(2)14-15-23-20-19(17-6-4-3-5-7-17)13-10-16-8-11-18(22)12-9-16/h3-13,22H,14-15H2,1-2H3. The first-order valence-electron chi connectivity index (χ1n) is 7.52. The highest BCUT2D eigenvalue weighted by Crippen LogP contribution is 2.12. The highest BCUT2D eigenvalue weighted by atomic mass is 16.6. The minimum Gasteiger partial charge on any atom is -0.508 e. The molecule has 4 nitrogen and oxygen atoms in total. The fraction of sp³-hybridized carbons (Fsp3) is 0.211. The Bertz CT molecular complexity index is 647. The van der Waals surface area contributed by atoms with E-state index in [1.807, 2.05) is 73.6 Å². The van der Waals surface area contributed by atoms with E-state index in [1.54, 1.807) is 12.1 Å². The third-order valence-corrected chi connectivity index (χ3v) is 3.19. The quantitative estimate of drug-likeness (QED) is 0.484. The highest BCUT2D eigenvalue weighted by Gasteiger charge is 2.00. The predicted octanol–water partition coefficient (Wildman–Crippen LogP) is 3.39. The van der Waals surface area contributed by atoms with Crippen LogP contribution in [0.5, 0.6) is 5.75 Å². The van der Waals surface area contributed by atoms with Gasteiger partial charge >= 0.3 is 0 Å². The smallest absolute Gasteiger partial charge is 0.129 e. The van der Waals surface area contributed by atoms with Gasteiger partial charge in [0.25, 0.3) is 0 Å². The summed E-state index contributed by atoms with van der Waals surface area (Å²) in [6, 6.07) is 16.9. The van der Waals surface area contributed by atoms with Crippen LogP contribution in [0.15, 0.2) is 65.8 Å². The molecule has 0 aliphatic rings. The molecular weight excluding hydrogens is 288 g/mol. The Morgan fingerprint density at radius 2 is 1.78 bits per heavy atom. The number of phenolic OH excluding ortho intramolecular Hbond substituents is 1. The predicted molar refractivity (Wildman–Crippen MR) is 94.6 cm³/mol. The van der Waals surface area contributed by atoms with Crippen LogP contribution in [-0.2, 0) is 4.84 Å². The lowest BCUT2D eigenvalue weighted by Crippen LogP contribution is -2.17. The van der Waals surface area contributed by atoms with Crippen molar-refractivity contribution >= 4 is 11.8 Å². The third kappa shape index (κ3) is 5.96. The second-order valence-electron chi connectivity index (χ2n) is 5.40. The monoisotopic (exact) mass is 310 g/mol. The first-order valence-corrected chi connectivity index (χ1v) is 7.52. The first-order chi connectivity index (χ1) is 11.1. The SMILES string of the molecule is CN(C)CCON=C(C=Cc1ccc(O)cc1)c1ccccc1. The number of oxime groups is 1. The van der Waals surface area contributed by atoms with Crippen LogP contribution in [0, 0.1) is 0 Å². The number of allylic oxidation sites excluding steroid dienone is 1. The molecule has 0 atom stereocenters. The minimum atomic E-state index is 0.256. The van der Waals surface area contributed by atoms with Crippen molar-refractivity contribution in [3.05, 3.63) is 71.8 Å². The molecule has 0 amide bonds. The van der Waals surface area contributed by atoms with Gasteiger partial charge in [0, 0.05) is 12.1 Å². The van der Waals surface area contributed by atoms with Gasteiger partial charge < -0.3 is 14.8 Å². The van der Waals surface area contributed by atoms with E-state index >= 15 is 0 Å². The number of rotatable bonds is 7. The van der Waals surface area contributed by atoms with Crippen LogP contribution < -0.4 is 0 Å². The van der Waals surface area contributed by atoms with Gasteiger partial charge in [-0.1, -0.05) is 53.7 Å². The number of phenols is 1. The van der Waals surface area contributed by atoms with Gasteiger partial charge in [0.15, 0.2) is 0 Å². The average molecular weight is 310 g/mol. The Labute approximate surface area is 137 Å². The maximum absolute atomic E-state index is 9.33. The molecule has 0 aliphatic carbocycles. The first kappa shape index (κ1) is 16.8. The normalized spacial score (nSPS) is 12.0. The zero-order valence-corrected chi connectivity index (χ0v) is 13.5. The lowest BCUT2D eigenvalue weighted by Gasteiger charge is -2.08. The summed E-state index contributed by atoms with van der Waals surface area (Å²) in [5.74, 6) is 0.256. The zero-order chi connectivity index (χ0) is 16.5. The van der Waals surface area contributed by atoms with Crippen LogP contribution >= 0.6 is 0 Å². The Balaban J connectivity index is 2.13. The lowest BCUT2D eigenvalue weighted by molar-refractivity contribution is 0.126. The summed E-state index contributed by atoms with van der Waals surface area (Å²) in [7, 11) is 3.99. The molecule has 0 heterocycles. The van der Waals surface area contributed by atoms with E-state index in [0.29, 0.717) is 6.61 Å². The molecule has 2 aromatic rings. The number of aromatic hydroxyl groups is 1. The Morgan fingerprint density at radius 3 is 2.43 bits per heavy atom. The van der Waals surface area contributed by atoms with Gasteiger partial charge in [0.1, 0.15) is 18.1 Å². The molecule has 1 N–H and O–H groups in total. The van der Waals surface area contributed by atoms with Crippen LogP contribution in [-0.4, -0.2) is 43.0 Å². The topological polar surface area (TPSA) is 45.1 Å². The number of hydrogen-bond donors (Lipinski definition) is 1. The van der Waals surface area contributed by atoms with Gasteiger partial charge in [-0.15, -0.1) is 0 Å². The molecule has 0 aliphatic heterocycles. The molecule has 0 saturated heterocycles. The highest BCUT2D eigenvalue weighted by molar-refractivity contribution is 6.10. The fourth-order valence-corrected chi connectivity index (χ4v) is 1.89. The van der Waals surface area contributed by atoms with E-state index < -0.39 is 0 Å². The van der Waals surface area contributed by atoms with E-state index in [2.05, 4.69) is 5.16 Å². The Kier molecular flexibility index (Phi) is 6.39. The second-order valence-corrected chi connectivity index (χ2v) is 5.40. The van der Waals surface area contributed by atoms with E-state index in [1.165, 1.54) is 0 Å². The number of nitrogens with zero attached hydrogens (tertiary/aromatic N) is 2. The van der Waals surface area contributed by atoms with E-state index in [-0.39, 0.29) is 5.75 Å². The van der Waals surface area contributed by atoms with Gasteiger partial charge in [-0.05, 0) is 37.9 Å². The summed E-state index contributed by atoms with van der Waals surface area (Å²) in [5.41, 5.74) is 2.74. The zero-order valence-electron chi connectivity index (χ0n) is 13.5. The molecule has 23 heavy (non-hydrogen) atoms. The molecule has 0 fully saturated rings. The van der Waals surface area contributed by atoms with Crippen molar-refractivity contribution in [1.82, 2.24) is 4.90 Å². The van der Waals surface area contributed by atoms with Crippen LogP contribution in [0.25, 0.3) is 6.08 Å². The number of likely N-dealkylation sites (N-methyl/N-ethyl adjacent to an activating group) is 1. The Morgan fingerprint density at radius 1 is 1.09 bits per heavy atom. The maximum atomic E-state index is 9.33. The number of benzene rings is 2. The van der Waals surface area contributed by atoms with Crippen molar-refractivity contribution in [3.8, 4) is 5.75 Å². The molecule has 120 valence electrons. The molecule has 0 unspecified atom stereocenters. The molecule has 4 heteroatoms.